The fourth-order valence-electron chi connectivity index (χ4n) is 3.92. The van der Waals surface area contributed by atoms with Gasteiger partial charge in [0.2, 0.25) is 23.6 Å². The molecule has 14 N–H and O–H groups in total. The van der Waals surface area contributed by atoms with E-state index in [-0.39, 0.29) is 56.8 Å². The summed E-state index contributed by atoms with van der Waals surface area (Å²) in [4.78, 5) is 73.1. The van der Waals surface area contributed by atoms with E-state index in [1.165, 1.54) is 36.8 Å². The number of aliphatic imine (C=N–C) groups is 1. The number of aromatic nitrogens is 2. The molecule has 0 radical (unpaired) electrons. The summed E-state index contributed by atoms with van der Waals surface area (Å²) >= 11 is 0. The number of hydrogen-bond acceptors (Lipinski definition) is 9. The van der Waals surface area contributed by atoms with E-state index in [1.54, 1.807) is 0 Å². The molecule has 0 saturated carbocycles. The van der Waals surface area contributed by atoms with Crippen molar-refractivity contribution in [1.82, 2.24) is 25.9 Å². The number of H-pyrrole nitrogens is 1. The van der Waals surface area contributed by atoms with Crippen molar-refractivity contribution in [3.63, 3.8) is 0 Å². The van der Waals surface area contributed by atoms with E-state index in [1.807, 2.05) is 0 Å². The molecule has 0 aliphatic carbocycles. The van der Waals surface area contributed by atoms with E-state index in [0.717, 1.165) is 0 Å². The predicted octanol–water partition coefficient (Wildman–Crippen LogP) is -2.91. The van der Waals surface area contributed by atoms with Crippen LogP contribution in [0, 0.1) is 0 Å². The molecule has 17 nitrogen and oxygen atoms in total. The second kappa shape index (κ2) is 16.9. The fourth-order valence-corrected chi connectivity index (χ4v) is 3.92. The molecule has 1 heterocycles. The van der Waals surface area contributed by atoms with E-state index in [0.29, 0.717) is 11.3 Å². The third kappa shape index (κ3) is 12.5. The molecule has 43 heavy (non-hydrogen) atoms. The minimum atomic E-state index is -1.32. The van der Waals surface area contributed by atoms with Gasteiger partial charge in [-0.15, -0.1) is 0 Å². The van der Waals surface area contributed by atoms with Gasteiger partial charge in [-0.3, -0.25) is 24.2 Å². The zero-order chi connectivity index (χ0) is 31.9. The number of nitrogens with zero attached hydrogens (tertiary/aromatic N) is 2. The molecule has 17 heteroatoms. The lowest BCUT2D eigenvalue weighted by atomic mass is 10.0. The number of benzene rings is 1. The monoisotopic (exact) mass is 602 g/mol. The highest BCUT2D eigenvalue weighted by Gasteiger charge is 2.31. The van der Waals surface area contributed by atoms with Crippen molar-refractivity contribution >= 4 is 35.6 Å². The average molecular weight is 603 g/mol. The SMILES string of the molecule is NC(=O)CCC(N)C(=O)NC(Cc1cnc[nH]1)C(=O)NC(Cc1ccc(O)cc1)C(=O)NC(CCCN=C(N)N)C(=O)O. The molecule has 0 saturated heterocycles. The second-order valence-electron chi connectivity index (χ2n) is 9.73. The van der Waals surface area contributed by atoms with Crippen LogP contribution >= 0.6 is 0 Å². The van der Waals surface area contributed by atoms with Crippen molar-refractivity contribution in [3.8, 4) is 5.75 Å². The second-order valence-corrected chi connectivity index (χ2v) is 9.73. The molecular formula is C26H38N10O7. The first-order valence-corrected chi connectivity index (χ1v) is 13.3. The number of nitrogens with two attached hydrogens (primary N) is 4. The minimum absolute atomic E-state index is 0.000569. The summed E-state index contributed by atoms with van der Waals surface area (Å²) in [7, 11) is 0. The first-order chi connectivity index (χ1) is 20.3. The van der Waals surface area contributed by atoms with Gasteiger partial charge in [0.15, 0.2) is 5.96 Å². The Labute approximate surface area is 246 Å². The van der Waals surface area contributed by atoms with Crippen LogP contribution in [0.4, 0.5) is 0 Å². The van der Waals surface area contributed by atoms with Gasteiger partial charge in [-0.2, -0.15) is 0 Å². The number of carboxylic acids is 1. The molecule has 0 aliphatic heterocycles. The predicted molar refractivity (Wildman–Crippen MR) is 154 cm³/mol. The van der Waals surface area contributed by atoms with Gasteiger partial charge in [0.1, 0.15) is 23.9 Å². The highest BCUT2D eigenvalue weighted by Crippen LogP contribution is 2.12. The Balaban J connectivity index is 2.26. The summed E-state index contributed by atoms with van der Waals surface area (Å²) in [5.74, 6) is -4.43. The molecule has 0 aliphatic rings. The Hall–Kier alpha value is -5.19. The minimum Gasteiger partial charge on any atom is -0.508 e. The van der Waals surface area contributed by atoms with Crippen LogP contribution in [0.1, 0.15) is 36.9 Å². The molecule has 4 atom stereocenters. The molecule has 4 amide bonds. The van der Waals surface area contributed by atoms with E-state index in [4.69, 9.17) is 22.9 Å². The maximum atomic E-state index is 13.5. The zero-order valence-corrected chi connectivity index (χ0v) is 23.4. The quantitative estimate of drug-likeness (QED) is 0.0468. The Morgan fingerprint density at radius 3 is 2.05 bits per heavy atom. The average Bonchev–Trinajstić information content (AvgIpc) is 3.46. The molecule has 1 aromatic carbocycles. The van der Waals surface area contributed by atoms with Crippen LogP contribution in [0.2, 0.25) is 0 Å². The summed E-state index contributed by atoms with van der Waals surface area (Å²) in [5.41, 5.74) is 22.6. The van der Waals surface area contributed by atoms with Crippen molar-refractivity contribution in [1.29, 1.82) is 0 Å². The summed E-state index contributed by atoms with van der Waals surface area (Å²) in [6.45, 7) is 0.145. The number of carbonyl (C=O) groups excluding carboxylic acids is 4. The number of phenols is 1. The molecule has 4 unspecified atom stereocenters. The highest BCUT2D eigenvalue weighted by atomic mass is 16.4. The topological polar surface area (TPSA) is 307 Å². The zero-order valence-electron chi connectivity index (χ0n) is 23.4. The summed E-state index contributed by atoms with van der Waals surface area (Å²) in [6, 6.07) is 0.870. The lowest BCUT2D eigenvalue weighted by Gasteiger charge is -2.25. The number of aromatic amines is 1. The van der Waals surface area contributed by atoms with Crippen LogP contribution in [0.25, 0.3) is 0 Å². The number of phenolic OH excluding ortho intramolecular Hbond substituents is 1. The van der Waals surface area contributed by atoms with Crippen LogP contribution in [0.15, 0.2) is 41.8 Å². The van der Waals surface area contributed by atoms with Crippen LogP contribution in [0.3, 0.4) is 0 Å². The van der Waals surface area contributed by atoms with Crippen LogP contribution in [0.5, 0.6) is 5.75 Å². The number of aromatic hydroxyl groups is 1. The number of guanidine groups is 1. The first-order valence-electron chi connectivity index (χ1n) is 13.3. The smallest absolute Gasteiger partial charge is 0.326 e. The third-order valence-corrected chi connectivity index (χ3v) is 6.22. The Morgan fingerprint density at radius 2 is 1.49 bits per heavy atom. The van der Waals surface area contributed by atoms with E-state index in [2.05, 4.69) is 30.9 Å². The number of carboxylic acid groups (broad SMARTS) is 1. The number of rotatable bonds is 18. The Kier molecular flexibility index (Phi) is 13.4. The summed E-state index contributed by atoms with van der Waals surface area (Å²) in [6.07, 6.45) is 2.74. The normalized spacial score (nSPS) is 13.5. The van der Waals surface area contributed by atoms with Crippen molar-refractivity contribution in [2.45, 2.75) is 62.7 Å². The number of primary amides is 1. The molecule has 2 aromatic rings. The summed E-state index contributed by atoms with van der Waals surface area (Å²) < 4.78 is 0. The Bertz CT molecular complexity index is 1260. The number of nitrogens with one attached hydrogen (secondary N) is 4. The highest BCUT2D eigenvalue weighted by molar-refractivity contribution is 5.94. The van der Waals surface area contributed by atoms with Gasteiger partial charge in [-0.05, 0) is 37.0 Å². The van der Waals surface area contributed by atoms with Gasteiger partial charge < -0.3 is 54.1 Å². The number of aliphatic carboxylic acids is 1. The van der Waals surface area contributed by atoms with Gasteiger partial charge in [0.05, 0.1) is 12.4 Å². The third-order valence-electron chi connectivity index (χ3n) is 6.22. The van der Waals surface area contributed by atoms with Gasteiger partial charge >= 0.3 is 5.97 Å². The number of hydrogen-bond donors (Lipinski definition) is 10. The Morgan fingerprint density at radius 1 is 0.884 bits per heavy atom. The van der Waals surface area contributed by atoms with E-state index in [9.17, 15) is 34.2 Å². The molecule has 0 bridgehead atoms. The molecule has 0 spiro atoms. The molecule has 1 aromatic heterocycles. The lowest BCUT2D eigenvalue weighted by Crippen LogP contribution is -2.58. The largest absolute Gasteiger partial charge is 0.508 e. The van der Waals surface area contributed by atoms with Crippen molar-refractivity contribution in [2.75, 3.05) is 6.54 Å². The van der Waals surface area contributed by atoms with E-state index < -0.39 is 53.8 Å². The number of carbonyl (C=O) groups is 5. The first kappa shape index (κ1) is 34.0. The van der Waals surface area contributed by atoms with Gasteiger partial charge in [0.25, 0.3) is 0 Å². The van der Waals surface area contributed by atoms with Gasteiger partial charge in [0, 0.05) is 37.7 Å². The van der Waals surface area contributed by atoms with E-state index >= 15 is 0 Å². The van der Waals surface area contributed by atoms with Gasteiger partial charge in [-0.1, -0.05) is 12.1 Å². The van der Waals surface area contributed by atoms with Crippen LogP contribution in [-0.4, -0.2) is 86.5 Å². The van der Waals surface area contributed by atoms with Crippen LogP contribution < -0.4 is 38.9 Å². The van der Waals surface area contributed by atoms with Crippen LogP contribution in [-0.2, 0) is 36.8 Å². The van der Waals surface area contributed by atoms with Crippen molar-refractivity contribution in [3.05, 3.63) is 48.0 Å². The molecule has 2 rings (SSSR count). The number of amides is 4. The summed E-state index contributed by atoms with van der Waals surface area (Å²) in [5, 5.41) is 26.8. The van der Waals surface area contributed by atoms with Gasteiger partial charge in [-0.25, -0.2) is 9.78 Å². The molecule has 234 valence electrons. The maximum absolute atomic E-state index is 13.5. The maximum Gasteiger partial charge on any atom is 0.326 e. The van der Waals surface area contributed by atoms with Crippen molar-refractivity contribution < 1.29 is 34.2 Å². The fraction of sp³-hybridized carbons (Fsp3) is 0.423. The lowest BCUT2D eigenvalue weighted by molar-refractivity contribution is -0.142. The van der Waals surface area contributed by atoms with Crippen molar-refractivity contribution in [2.24, 2.45) is 27.9 Å². The standard InChI is InChI=1S/C26H38N10O7/c27-17(7-8-21(28)38)22(39)35-20(11-15-12-31-13-33-15)24(41)36-19(10-14-3-5-16(37)6-4-14)23(40)34-18(25(42)43)2-1-9-32-26(29)30/h3-6,12-13,17-20,37H,1-2,7-11,27H2,(H2,28,38)(H,31,33)(H,34,40)(H,35,39)(H,36,41)(H,42,43)(H4,29,30,32). The number of imidazole rings is 1. The molecule has 0 fully saturated rings. The molecular weight excluding hydrogens is 564 g/mol.